The quantitative estimate of drug-likeness (QED) is 0.153. The molecule has 5 nitrogen and oxygen atoms in total. The molecule has 0 aliphatic rings. The zero-order valence-electron chi connectivity index (χ0n) is 17.6. The summed E-state index contributed by atoms with van der Waals surface area (Å²) in [5, 5.41) is 0. The first-order valence-corrected chi connectivity index (χ1v) is 9.86. The van der Waals surface area contributed by atoms with E-state index in [1.54, 1.807) is 60.7 Å². The summed E-state index contributed by atoms with van der Waals surface area (Å²) in [6.07, 6.45) is -5.25. The second-order valence-corrected chi connectivity index (χ2v) is 6.73. The molecule has 0 aromatic heterocycles. The number of hydrogen-bond donors (Lipinski definition) is 0. The Morgan fingerprint density at radius 3 is 1.81 bits per heavy atom. The summed E-state index contributed by atoms with van der Waals surface area (Å²) >= 11 is 0. The molecule has 0 atom stereocenters. The second kappa shape index (κ2) is 12.8. The lowest BCUT2D eigenvalue weighted by Gasteiger charge is -2.25. The van der Waals surface area contributed by atoms with Crippen LogP contribution in [0.5, 0.6) is 0 Å². The first-order valence-electron chi connectivity index (χ1n) is 9.86. The van der Waals surface area contributed by atoms with Crippen molar-refractivity contribution in [2.45, 2.75) is 19.3 Å². The molecule has 0 aliphatic heterocycles. The van der Waals surface area contributed by atoms with Crippen LogP contribution >= 0.6 is 0 Å². The van der Waals surface area contributed by atoms with Crippen LogP contribution in [0.25, 0.3) is 0 Å². The molecule has 0 bridgehead atoms. The lowest BCUT2D eigenvalue weighted by Crippen LogP contribution is -2.30. The third kappa shape index (κ3) is 8.32. The highest BCUT2D eigenvalue weighted by atomic mass is 19.4. The largest absolute Gasteiger partial charge is 0.460 e. The summed E-state index contributed by atoms with van der Waals surface area (Å²) in [6, 6.07) is 16.9. The molecule has 32 heavy (non-hydrogen) atoms. The predicted octanol–water partition coefficient (Wildman–Crippen LogP) is 4.64. The van der Waals surface area contributed by atoms with Gasteiger partial charge in [-0.3, -0.25) is 0 Å². The Hall–Kier alpha value is -2.91. The highest BCUT2D eigenvalue weighted by molar-refractivity contribution is 5.90. The lowest BCUT2D eigenvalue weighted by molar-refractivity contribution is -0.153. The number of nitrogens with zero attached hydrogens (tertiary/aromatic N) is 1. The van der Waals surface area contributed by atoms with Crippen molar-refractivity contribution < 1.29 is 36.6 Å². The number of ether oxygens (including phenoxy) is 3. The zero-order valence-corrected chi connectivity index (χ0v) is 17.6. The average Bonchev–Trinajstić information content (AvgIpc) is 2.76. The summed E-state index contributed by atoms with van der Waals surface area (Å²) in [7, 11) is 1.46. The van der Waals surface area contributed by atoms with E-state index in [0.717, 1.165) is 4.90 Å². The maximum Gasteiger partial charge on any atom is 0.427 e. The van der Waals surface area contributed by atoms with Crippen LogP contribution in [0.4, 0.5) is 17.6 Å². The van der Waals surface area contributed by atoms with Crippen LogP contribution in [0.2, 0.25) is 0 Å². The molecule has 9 heteroatoms. The van der Waals surface area contributed by atoms with Crippen molar-refractivity contribution in [3.63, 3.8) is 0 Å². The van der Waals surface area contributed by atoms with E-state index in [0.29, 0.717) is 11.1 Å². The normalized spacial score (nSPS) is 12.3. The SMILES string of the molecule is COCCOCCOC(=O)C(=C(F)N(Cc1ccccc1)Cc1ccccc1)C(F)(F)F. The Bertz CT molecular complexity index is 816. The monoisotopic (exact) mass is 455 g/mol. The minimum atomic E-state index is -5.25. The number of rotatable bonds is 12. The van der Waals surface area contributed by atoms with Gasteiger partial charge in [-0.25, -0.2) is 4.79 Å². The molecule has 2 rings (SSSR count). The fourth-order valence-corrected chi connectivity index (χ4v) is 2.79. The van der Waals surface area contributed by atoms with Gasteiger partial charge < -0.3 is 19.1 Å². The van der Waals surface area contributed by atoms with Crippen LogP contribution in [-0.2, 0) is 32.1 Å². The predicted molar refractivity (Wildman–Crippen MR) is 110 cm³/mol. The van der Waals surface area contributed by atoms with Crippen molar-refractivity contribution in [3.8, 4) is 0 Å². The van der Waals surface area contributed by atoms with Gasteiger partial charge in [-0.1, -0.05) is 60.7 Å². The molecule has 0 saturated heterocycles. The highest BCUT2D eigenvalue weighted by Crippen LogP contribution is 2.32. The van der Waals surface area contributed by atoms with Crippen molar-refractivity contribution in [2.24, 2.45) is 0 Å². The fourth-order valence-electron chi connectivity index (χ4n) is 2.79. The van der Waals surface area contributed by atoms with E-state index in [1.807, 2.05) is 0 Å². The lowest BCUT2D eigenvalue weighted by atomic mass is 10.1. The zero-order chi connectivity index (χ0) is 23.4. The molecular weight excluding hydrogens is 430 g/mol. The molecule has 2 aromatic rings. The van der Waals surface area contributed by atoms with Gasteiger partial charge in [0.05, 0.1) is 19.8 Å². The standard InChI is InChI=1S/C23H25F4NO4/c1-30-12-13-31-14-15-32-22(29)20(23(25,26)27)21(24)28(16-18-8-4-2-5-9-18)17-19-10-6-3-7-11-19/h2-11H,12-17H2,1H3. The van der Waals surface area contributed by atoms with E-state index < -0.39 is 30.3 Å². The van der Waals surface area contributed by atoms with E-state index in [1.165, 1.54) is 7.11 Å². The van der Waals surface area contributed by atoms with Gasteiger partial charge >= 0.3 is 12.1 Å². The highest BCUT2D eigenvalue weighted by Gasteiger charge is 2.45. The number of alkyl halides is 3. The van der Waals surface area contributed by atoms with E-state index >= 15 is 4.39 Å². The molecule has 174 valence electrons. The van der Waals surface area contributed by atoms with Gasteiger partial charge in [0.1, 0.15) is 6.61 Å². The van der Waals surface area contributed by atoms with Crippen LogP contribution in [0.15, 0.2) is 72.2 Å². The van der Waals surface area contributed by atoms with E-state index in [-0.39, 0.29) is 32.9 Å². The first-order chi connectivity index (χ1) is 15.3. The second-order valence-electron chi connectivity index (χ2n) is 6.73. The molecule has 0 amide bonds. The summed E-state index contributed by atoms with van der Waals surface area (Å²) in [5.74, 6) is -3.49. The Morgan fingerprint density at radius 1 is 0.844 bits per heavy atom. The third-order valence-electron chi connectivity index (χ3n) is 4.30. The molecule has 0 saturated carbocycles. The number of benzene rings is 2. The maximum atomic E-state index is 15.3. The van der Waals surface area contributed by atoms with Crippen LogP contribution < -0.4 is 0 Å². The van der Waals surface area contributed by atoms with Crippen molar-refractivity contribution >= 4 is 5.97 Å². The number of carbonyl (C=O) groups is 1. The Kier molecular flexibility index (Phi) is 10.2. The molecule has 2 aromatic carbocycles. The fraction of sp³-hybridized carbons (Fsp3) is 0.348. The van der Waals surface area contributed by atoms with Gasteiger partial charge in [0.25, 0.3) is 0 Å². The van der Waals surface area contributed by atoms with Gasteiger partial charge in [-0.2, -0.15) is 17.6 Å². The maximum absolute atomic E-state index is 15.3. The van der Waals surface area contributed by atoms with Crippen molar-refractivity contribution in [3.05, 3.63) is 83.3 Å². The molecule has 0 aliphatic carbocycles. The van der Waals surface area contributed by atoms with Crippen molar-refractivity contribution in [1.82, 2.24) is 4.90 Å². The Morgan fingerprint density at radius 2 is 1.34 bits per heavy atom. The van der Waals surface area contributed by atoms with Crippen LogP contribution in [0.3, 0.4) is 0 Å². The van der Waals surface area contributed by atoms with Gasteiger partial charge in [0.2, 0.25) is 5.95 Å². The van der Waals surface area contributed by atoms with Crippen molar-refractivity contribution in [1.29, 1.82) is 0 Å². The van der Waals surface area contributed by atoms with Gasteiger partial charge in [-0.15, -0.1) is 0 Å². The Labute approximate surface area is 184 Å². The van der Waals surface area contributed by atoms with Gasteiger partial charge in [0, 0.05) is 20.2 Å². The molecule has 0 heterocycles. The van der Waals surface area contributed by atoms with E-state index in [4.69, 9.17) is 9.47 Å². The minimum Gasteiger partial charge on any atom is -0.460 e. The van der Waals surface area contributed by atoms with Crippen LogP contribution in [0, 0.1) is 0 Å². The summed E-state index contributed by atoms with van der Waals surface area (Å²) in [6.45, 7) is -0.466. The van der Waals surface area contributed by atoms with E-state index in [2.05, 4.69) is 4.74 Å². The molecule has 0 N–H and O–H groups in total. The number of halogens is 4. The number of esters is 1. The van der Waals surface area contributed by atoms with Gasteiger partial charge in [-0.05, 0) is 11.1 Å². The molecule has 0 spiro atoms. The topological polar surface area (TPSA) is 48.0 Å². The van der Waals surface area contributed by atoms with Crippen molar-refractivity contribution in [2.75, 3.05) is 33.5 Å². The number of carbonyl (C=O) groups excluding carboxylic acids is 1. The Balaban J connectivity index is 2.26. The summed E-state index contributed by atoms with van der Waals surface area (Å²) in [4.78, 5) is 13.0. The summed E-state index contributed by atoms with van der Waals surface area (Å²) in [5.41, 5.74) is -0.818. The molecule has 0 radical (unpaired) electrons. The van der Waals surface area contributed by atoms with E-state index in [9.17, 15) is 18.0 Å². The minimum absolute atomic E-state index is 0.139. The number of hydrogen-bond acceptors (Lipinski definition) is 5. The van der Waals surface area contributed by atoms with Crippen LogP contribution in [-0.4, -0.2) is 50.6 Å². The molecular formula is C23H25F4NO4. The average molecular weight is 455 g/mol. The number of methoxy groups -OCH3 is 1. The third-order valence-corrected chi connectivity index (χ3v) is 4.30. The van der Waals surface area contributed by atoms with Crippen LogP contribution in [0.1, 0.15) is 11.1 Å². The molecule has 0 fully saturated rings. The smallest absolute Gasteiger partial charge is 0.427 e. The summed E-state index contributed by atoms with van der Waals surface area (Å²) < 4.78 is 70.7. The van der Waals surface area contributed by atoms with Gasteiger partial charge in [0.15, 0.2) is 5.57 Å². The molecule has 0 unspecified atom stereocenters. The first kappa shape index (κ1) is 25.4.